The molecule has 0 unspecified atom stereocenters. The number of nitro groups is 2. The molecule has 0 aliphatic heterocycles. The lowest BCUT2D eigenvalue weighted by Gasteiger charge is -1.97. The van der Waals surface area contributed by atoms with Crippen molar-refractivity contribution in [3.63, 3.8) is 0 Å². The van der Waals surface area contributed by atoms with E-state index in [0.29, 0.717) is 10.3 Å². The molecule has 2 aromatic heterocycles. The van der Waals surface area contributed by atoms with Crippen LogP contribution in [0.3, 0.4) is 0 Å². The Labute approximate surface area is 118 Å². The Kier molecular flexibility index (Phi) is 4.37. The molecule has 2 heterocycles. The van der Waals surface area contributed by atoms with Crippen molar-refractivity contribution in [3.05, 3.63) is 45.0 Å². The summed E-state index contributed by atoms with van der Waals surface area (Å²) in [6.45, 7) is 0. The van der Waals surface area contributed by atoms with Crippen molar-refractivity contribution < 1.29 is 9.85 Å². The maximum absolute atomic E-state index is 10.4. The maximum Gasteiger partial charge on any atom is 0.305 e. The van der Waals surface area contributed by atoms with Crippen molar-refractivity contribution >= 4 is 33.0 Å². The fourth-order valence-electron chi connectivity index (χ4n) is 0.968. The van der Waals surface area contributed by atoms with Crippen LogP contribution in [0, 0.1) is 20.2 Å². The van der Waals surface area contributed by atoms with E-state index in [0.717, 1.165) is 46.4 Å². The summed E-state index contributed by atoms with van der Waals surface area (Å²) in [5.41, 5.74) is -0.406. The molecule has 0 N–H and O–H groups in total. The van der Waals surface area contributed by atoms with E-state index in [1.165, 1.54) is 0 Å². The molecule has 0 saturated heterocycles. The first-order valence-electron chi connectivity index (χ1n) is 4.83. The number of hydrogen-bond donors (Lipinski definition) is 0. The van der Waals surface area contributed by atoms with Gasteiger partial charge in [-0.15, -0.1) is 0 Å². The van der Waals surface area contributed by atoms with Gasteiger partial charge in [0.05, 0.1) is 9.85 Å². The van der Waals surface area contributed by atoms with E-state index in [2.05, 4.69) is 19.9 Å². The zero-order valence-corrected chi connectivity index (χ0v) is 11.1. The van der Waals surface area contributed by atoms with Crippen LogP contribution >= 0.6 is 21.6 Å². The second-order valence-electron chi connectivity index (χ2n) is 3.13. The average molecular weight is 312 g/mol. The summed E-state index contributed by atoms with van der Waals surface area (Å²) in [7, 11) is 2.17. The molecule has 0 saturated carbocycles. The molecule has 0 bridgehead atoms. The SMILES string of the molecule is O=[N+]([O-])c1cnc(SSc2ncc([N+](=O)[O-])cn2)nc1. The Morgan fingerprint density at radius 2 is 1.05 bits per heavy atom. The molecule has 0 atom stereocenters. The molecule has 0 aromatic carbocycles. The van der Waals surface area contributed by atoms with Crippen LogP contribution in [0.1, 0.15) is 0 Å². The van der Waals surface area contributed by atoms with E-state index in [4.69, 9.17) is 0 Å². The molecule has 20 heavy (non-hydrogen) atoms. The standard InChI is InChI=1S/C8H4N6O4S2/c15-13(16)5-1-9-7(10-2-5)19-20-8-11-3-6(4-12-8)14(17)18/h1-4H. The largest absolute Gasteiger partial charge is 0.305 e. The van der Waals surface area contributed by atoms with Crippen molar-refractivity contribution in [1.29, 1.82) is 0 Å². The zero-order valence-electron chi connectivity index (χ0n) is 9.44. The zero-order chi connectivity index (χ0) is 14.5. The molecule has 0 fully saturated rings. The second-order valence-corrected chi connectivity index (χ2v) is 5.19. The topological polar surface area (TPSA) is 138 Å². The Hall–Kier alpha value is -2.34. The highest BCUT2D eigenvalue weighted by Crippen LogP contribution is 2.33. The third kappa shape index (κ3) is 3.58. The second kappa shape index (κ2) is 6.21. The highest BCUT2D eigenvalue weighted by Gasteiger charge is 2.10. The molecule has 2 rings (SSSR count). The number of hydrogen-bond acceptors (Lipinski definition) is 10. The highest BCUT2D eigenvalue weighted by molar-refractivity contribution is 8.76. The van der Waals surface area contributed by atoms with Crippen LogP contribution in [0.4, 0.5) is 11.4 Å². The fraction of sp³-hybridized carbons (Fsp3) is 0. The summed E-state index contributed by atoms with van der Waals surface area (Å²) in [6, 6.07) is 0. The van der Waals surface area contributed by atoms with Crippen LogP contribution < -0.4 is 0 Å². The fourth-order valence-corrected chi connectivity index (χ4v) is 2.46. The Bertz CT molecular complexity index is 577. The van der Waals surface area contributed by atoms with Crippen LogP contribution in [0.25, 0.3) is 0 Å². The maximum atomic E-state index is 10.4. The number of rotatable bonds is 5. The molecule has 2 aromatic rings. The van der Waals surface area contributed by atoms with Gasteiger partial charge in [-0.25, -0.2) is 19.9 Å². The van der Waals surface area contributed by atoms with Gasteiger partial charge in [-0.1, -0.05) is 0 Å². The van der Waals surface area contributed by atoms with Crippen LogP contribution in [0.2, 0.25) is 0 Å². The van der Waals surface area contributed by atoms with Gasteiger partial charge in [0.25, 0.3) is 0 Å². The summed E-state index contributed by atoms with van der Waals surface area (Å²) < 4.78 is 0. The summed E-state index contributed by atoms with van der Waals surface area (Å²) in [6.07, 6.45) is 4.36. The van der Waals surface area contributed by atoms with Crippen molar-refractivity contribution in [2.45, 2.75) is 10.3 Å². The Morgan fingerprint density at radius 1 is 0.750 bits per heavy atom. The highest BCUT2D eigenvalue weighted by atomic mass is 33.1. The lowest BCUT2D eigenvalue weighted by atomic mass is 10.6. The van der Waals surface area contributed by atoms with Gasteiger partial charge in [0.2, 0.25) is 0 Å². The summed E-state index contributed by atoms with van der Waals surface area (Å²) in [5.74, 6) is 0. The van der Waals surface area contributed by atoms with Crippen LogP contribution in [0.15, 0.2) is 35.1 Å². The lowest BCUT2D eigenvalue weighted by molar-refractivity contribution is -0.385. The third-order valence-electron chi connectivity index (χ3n) is 1.84. The molecule has 10 nitrogen and oxygen atoms in total. The van der Waals surface area contributed by atoms with Gasteiger partial charge in [0, 0.05) is 0 Å². The van der Waals surface area contributed by atoms with E-state index in [1.807, 2.05) is 0 Å². The van der Waals surface area contributed by atoms with Gasteiger partial charge in [0.1, 0.15) is 24.8 Å². The van der Waals surface area contributed by atoms with Crippen LogP contribution in [-0.2, 0) is 0 Å². The normalized spacial score (nSPS) is 10.2. The molecule has 0 aliphatic carbocycles. The molecular formula is C8H4N6O4S2. The van der Waals surface area contributed by atoms with Crippen molar-refractivity contribution in [3.8, 4) is 0 Å². The van der Waals surface area contributed by atoms with Gasteiger partial charge in [-0.3, -0.25) is 20.2 Å². The number of aromatic nitrogens is 4. The van der Waals surface area contributed by atoms with Gasteiger partial charge < -0.3 is 0 Å². The molecule has 12 heteroatoms. The predicted octanol–water partition coefficient (Wildman–Crippen LogP) is 1.88. The first-order chi connectivity index (χ1) is 9.56. The van der Waals surface area contributed by atoms with E-state index in [-0.39, 0.29) is 11.4 Å². The van der Waals surface area contributed by atoms with E-state index < -0.39 is 9.85 Å². The summed E-state index contributed by atoms with van der Waals surface area (Å²) in [5, 5.41) is 21.4. The monoisotopic (exact) mass is 312 g/mol. The lowest BCUT2D eigenvalue weighted by Crippen LogP contribution is -1.93. The first kappa shape index (κ1) is 14.1. The molecule has 0 radical (unpaired) electrons. The van der Waals surface area contributed by atoms with Crippen molar-refractivity contribution in [2.75, 3.05) is 0 Å². The summed E-state index contributed by atoms with van der Waals surface area (Å²) >= 11 is 0. The predicted molar refractivity (Wildman–Crippen MR) is 69.1 cm³/mol. The molecular weight excluding hydrogens is 308 g/mol. The van der Waals surface area contributed by atoms with Gasteiger partial charge in [-0.05, 0) is 21.6 Å². The van der Waals surface area contributed by atoms with Crippen LogP contribution in [0.5, 0.6) is 0 Å². The Balaban J connectivity index is 1.97. The Morgan fingerprint density at radius 3 is 1.30 bits per heavy atom. The summed E-state index contributed by atoms with van der Waals surface area (Å²) in [4.78, 5) is 34.8. The third-order valence-corrected chi connectivity index (χ3v) is 3.79. The first-order valence-corrected chi connectivity index (χ1v) is 6.98. The van der Waals surface area contributed by atoms with Crippen LogP contribution in [-0.4, -0.2) is 29.8 Å². The van der Waals surface area contributed by atoms with Crippen molar-refractivity contribution in [1.82, 2.24) is 19.9 Å². The van der Waals surface area contributed by atoms with Gasteiger partial charge in [-0.2, -0.15) is 0 Å². The minimum atomic E-state index is -0.596. The molecule has 0 amide bonds. The number of nitrogens with zero attached hydrogens (tertiary/aromatic N) is 6. The van der Waals surface area contributed by atoms with E-state index in [9.17, 15) is 20.2 Å². The minimum Gasteiger partial charge on any atom is -0.258 e. The van der Waals surface area contributed by atoms with E-state index in [1.54, 1.807) is 0 Å². The molecule has 102 valence electrons. The smallest absolute Gasteiger partial charge is 0.258 e. The molecule has 0 aliphatic rings. The minimum absolute atomic E-state index is 0.203. The quantitative estimate of drug-likeness (QED) is 0.348. The van der Waals surface area contributed by atoms with E-state index >= 15 is 0 Å². The average Bonchev–Trinajstić information content (AvgIpc) is 2.46. The van der Waals surface area contributed by atoms with Crippen molar-refractivity contribution in [2.24, 2.45) is 0 Å². The molecule has 0 spiro atoms. The van der Waals surface area contributed by atoms with Gasteiger partial charge >= 0.3 is 11.4 Å². The van der Waals surface area contributed by atoms with Gasteiger partial charge in [0.15, 0.2) is 10.3 Å².